The summed E-state index contributed by atoms with van der Waals surface area (Å²) in [6.45, 7) is 0. The minimum Gasteiger partial charge on any atom is -0.274 e. The van der Waals surface area contributed by atoms with Crippen LogP contribution < -0.4 is 11.1 Å². The predicted molar refractivity (Wildman–Crippen MR) is 380 cm³/mol. The predicted octanol–water partition coefficient (Wildman–Crippen LogP) is 22.5. The molecular formula is C82H44N2O2S3. The fraction of sp³-hybridized carbons (Fsp3) is 0. The van der Waals surface area contributed by atoms with Crippen LogP contribution in [0.1, 0.15) is 0 Å². The summed E-state index contributed by atoms with van der Waals surface area (Å²) < 4.78 is 6.17. The number of pyridine rings is 2. The Bertz CT molecular complexity index is 6470. The average Bonchev–Trinajstić information content (AvgIpc) is 1.68. The molecule has 89 heavy (non-hydrogen) atoms. The van der Waals surface area contributed by atoms with Gasteiger partial charge in [-0.25, -0.2) is 0 Å². The van der Waals surface area contributed by atoms with Crippen molar-refractivity contribution in [1.82, 2.24) is 8.97 Å². The fourth-order valence-electron chi connectivity index (χ4n) is 15.1. The van der Waals surface area contributed by atoms with Gasteiger partial charge in [-0.1, -0.05) is 200 Å². The maximum Gasteiger partial charge on any atom is 0.263 e. The van der Waals surface area contributed by atoms with Crippen molar-refractivity contribution < 1.29 is 0 Å². The lowest BCUT2D eigenvalue weighted by atomic mass is 9.89. The molecule has 0 bridgehead atoms. The van der Waals surface area contributed by atoms with Crippen molar-refractivity contribution >= 4 is 157 Å². The quantitative estimate of drug-likeness (QED) is 0.161. The smallest absolute Gasteiger partial charge is 0.263 e. The Balaban J connectivity index is 0.652. The van der Waals surface area contributed by atoms with E-state index in [-0.39, 0.29) is 11.1 Å². The molecule has 20 rings (SSSR count). The van der Waals surface area contributed by atoms with E-state index in [0.717, 1.165) is 118 Å². The van der Waals surface area contributed by atoms with Gasteiger partial charge in [-0.2, -0.15) is 0 Å². The number of aromatic nitrogens is 2. The zero-order valence-corrected chi connectivity index (χ0v) is 49.8. The van der Waals surface area contributed by atoms with Crippen LogP contribution in [0.15, 0.2) is 285 Å². The molecule has 412 valence electrons. The summed E-state index contributed by atoms with van der Waals surface area (Å²) in [6, 6.07) is 92.0. The van der Waals surface area contributed by atoms with Crippen LogP contribution in [-0.4, -0.2) is 8.97 Å². The van der Waals surface area contributed by atoms with Gasteiger partial charge in [0.15, 0.2) is 0 Å². The molecule has 14 aromatic carbocycles. The molecule has 7 heteroatoms. The van der Waals surface area contributed by atoms with Crippen molar-refractivity contribution in [2.75, 3.05) is 0 Å². The Morgan fingerprint density at radius 3 is 1.30 bits per heavy atom. The fourth-order valence-corrected chi connectivity index (χ4v) is 18.6. The van der Waals surface area contributed by atoms with E-state index in [1.54, 1.807) is 34.4 Å². The van der Waals surface area contributed by atoms with Crippen LogP contribution >= 0.6 is 34.4 Å². The van der Waals surface area contributed by atoms with Gasteiger partial charge < -0.3 is 0 Å². The van der Waals surface area contributed by atoms with Crippen molar-refractivity contribution in [2.24, 2.45) is 0 Å². The Morgan fingerprint density at radius 1 is 0.270 bits per heavy atom. The lowest BCUT2D eigenvalue weighted by molar-refractivity contribution is 1.01. The molecule has 19 aromatic rings. The molecule has 0 saturated heterocycles. The van der Waals surface area contributed by atoms with Gasteiger partial charge in [0.25, 0.3) is 11.1 Å². The Hall–Kier alpha value is -10.7. The number of hydrogen-bond donors (Lipinski definition) is 0. The Labute approximate surface area is 520 Å². The normalized spacial score (nSPS) is 12.5. The second-order valence-electron chi connectivity index (χ2n) is 23.8. The monoisotopic (exact) mass is 1180 g/mol. The van der Waals surface area contributed by atoms with E-state index in [0.29, 0.717) is 5.39 Å². The van der Waals surface area contributed by atoms with E-state index in [2.05, 4.69) is 241 Å². The topological polar surface area (TPSA) is 43.5 Å². The minimum atomic E-state index is -0.00497. The van der Waals surface area contributed by atoms with Crippen molar-refractivity contribution in [3.05, 3.63) is 286 Å². The van der Waals surface area contributed by atoms with E-state index in [4.69, 9.17) is 0 Å². The minimum absolute atomic E-state index is 0.00497. The van der Waals surface area contributed by atoms with Crippen LogP contribution in [-0.2, 0) is 0 Å². The Morgan fingerprint density at radius 2 is 0.708 bits per heavy atom. The highest BCUT2D eigenvalue weighted by Gasteiger charge is 2.27. The van der Waals surface area contributed by atoms with Gasteiger partial charge >= 0.3 is 0 Å². The second-order valence-corrected chi connectivity index (χ2v) is 26.6. The van der Waals surface area contributed by atoms with Gasteiger partial charge in [-0.05, 0) is 187 Å². The average molecular weight is 1190 g/mol. The first-order valence-electron chi connectivity index (χ1n) is 30.0. The van der Waals surface area contributed by atoms with Gasteiger partial charge in [0.1, 0.15) is 0 Å². The SMILES string of the molecule is O=c1c2cccc(-c3ccc4c5ccc(-c6cccc(-c7ccc8c(c7)c7csc9c%10ccccc%10c(=O)n8c79)c6)cc5c5ccccc5c4c3)c2c2scc3c2n1-c1ccc(-c2cccc(-c4ccc5c6ccccc6c6ccccc6c5c4)c2)cc1S3. The van der Waals surface area contributed by atoms with Crippen LogP contribution in [0.5, 0.6) is 0 Å². The first-order valence-corrected chi connectivity index (χ1v) is 32.6. The summed E-state index contributed by atoms with van der Waals surface area (Å²) in [4.78, 5) is 31.4. The van der Waals surface area contributed by atoms with Gasteiger partial charge in [0.2, 0.25) is 0 Å². The molecule has 4 nitrogen and oxygen atoms in total. The second kappa shape index (κ2) is 18.4. The van der Waals surface area contributed by atoms with Crippen molar-refractivity contribution in [1.29, 1.82) is 0 Å². The number of benzene rings is 14. The first kappa shape index (κ1) is 49.4. The molecule has 0 N–H and O–H groups in total. The van der Waals surface area contributed by atoms with E-state index in [1.165, 1.54) is 70.2 Å². The number of thiophene rings is 2. The largest absolute Gasteiger partial charge is 0.274 e. The molecule has 0 aliphatic carbocycles. The summed E-state index contributed by atoms with van der Waals surface area (Å²) in [6.07, 6.45) is 0. The summed E-state index contributed by atoms with van der Waals surface area (Å²) in [5.41, 5.74) is 15.1. The number of rotatable bonds is 5. The molecule has 6 heterocycles. The molecule has 0 saturated carbocycles. The highest BCUT2D eigenvalue weighted by Crippen LogP contribution is 2.50. The van der Waals surface area contributed by atoms with Crippen LogP contribution in [0.25, 0.3) is 184 Å². The third-order valence-electron chi connectivity index (χ3n) is 19.2. The standard InChI is InChI=1S/C82H44N2O2S3/c85-81-65-23-8-7-22-64(65)79-77-71(43-87-79)70-40-51(29-34-72(70)83(77)81)47-14-9-12-45(36-47)50-27-32-62-63-33-28-53(41-69(63)60-21-6-5-20-59(60)68(62)39-50)54-24-11-25-66-76(54)80-78-75(44-88-80)89-74-42-52(30-35-73(74)84(78)82(66)86)48-15-10-13-46(37-48)49-26-31-61-57-18-2-1-16-55(57)56-17-3-4-19-58(56)67(61)38-49/h1-44H. The lowest BCUT2D eigenvalue weighted by Crippen LogP contribution is -2.21. The molecule has 1 aliphatic rings. The highest BCUT2D eigenvalue weighted by atomic mass is 32.2. The van der Waals surface area contributed by atoms with Crippen LogP contribution in [0, 0.1) is 0 Å². The van der Waals surface area contributed by atoms with Crippen LogP contribution in [0.3, 0.4) is 0 Å². The van der Waals surface area contributed by atoms with Gasteiger partial charge in [0, 0.05) is 52.9 Å². The van der Waals surface area contributed by atoms with Gasteiger partial charge in [-0.3, -0.25) is 18.6 Å². The van der Waals surface area contributed by atoms with E-state index >= 15 is 4.79 Å². The van der Waals surface area contributed by atoms with Crippen LogP contribution in [0.2, 0.25) is 0 Å². The first-order chi connectivity index (χ1) is 44.0. The van der Waals surface area contributed by atoms with E-state index < -0.39 is 0 Å². The summed E-state index contributed by atoms with van der Waals surface area (Å²) in [5.74, 6) is 0. The molecule has 0 spiro atoms. The summed E-state index contributed by atoms with van der Waals surface area (Å²) in [7, 11) is 0. The number of fused-ring (bicyclic) bond motifs is 21. The molecule has 1 aliphatic heterocycles. The molecule has 5 aromatic heterocycles. The van der Waals surface area contributed by atoms with Gasteiger partial charge in [-0.15, -0.1) is 22.7 Å². The third kappa shape index (κ3) is 7.00. The molecule has 0 unspecified atom stereocenters. The van der Waals surface area contributed by atoms with Crippen molar-refractivity contribution in [2.45, 2.75) is 9.79 Å². The number of nitrogens with zero attached hydrogens (tertiary/aromatic N) is 2. The lowest BCUT2D eigenvalue weighted by Gasteiger charge is -2.21. The van der Waals surface area contributed by atoms with Gasteiger partial charge in [0.05, 0.1) is 31.6 Å². The highest BCUT2D eigenvalue weighted by molar-refractivity contribution is 8.00. The van der Waals surface area contributed by atoms with Crippen LogP contribution in [0.4, 0.5) is 0 Å². The van der Waals surface area contributed by atoms with Crippen molar-refractivity contribution in [3.8, 4) is 61.3 Å². The van der Waals surface area contributed by atoms with E-state index in [1.807, 2.05) is 33.2 Å². The molecule has 0 fully saturated rings. The summed E-state index contributed by atoms with van der Waals surface area (Å²) >= 11 is 5.21. The molecule has 0 atom stereocenters. The third-order valence-corrected chi connectivity index (χ3v) is 22.4. The maximum atomic E-state index is 15.3. The zero-order valence-electron chi connectivity index (χ0n) is 47.3. The van der Waals surface area contributed by atoms with E-state index in [9.17, 15) is 4.79 Å². The summed E-state index contributed by atoms with van der Waals surface area (Å²) in [5, 5.41) is 24.9. The zero-order chi connectivity index (χ0) is 58.3. The number of hydrogen-bond acceptors (Lipinski definition) is 5. The molecule has 0 amide bonds. The molecular weight excluding hydrogens is 1140 g/mol. The Kier molecular flexibility index (Phi) is 10.2. The maximum absolute atomic E-state index is 15.3. The van der Waals surface area contributed by atoms with Crippen molar-refractivity contribution in [3.63, 3.8) is 0 Å². The molecule has 0 radical (unpaired) electrons.